The number of aliphatic carboxylic acids is 1. The first kappa shape index (κ1) is 13.6. The fraction of sp³-hybridized carbons (Fsp3) is 0.714. The number of carboxylic acid groups (broad SMARTS) is 1. The highest BCUT2D eigenvalue weighted by molar-refractivity contribution is 5.85. The molecule has 0 amide bonds. The molecule has 5 N–H and O–H groups in total. The lowest BCUT2D eigenvalue weighted by atomic mass is 10.1. The number of carbonyl (C=O) groups is 2. The van der Waals surface area contributed by atoms with Gasteiger partial charge in [-0.3, -0.25) is 9.59 Å². The number of ketones is 1. The summed E-state index contributed by atoms with van der Waals surface area (Å²) in [7, 11) is 0. The smallest absolute Gasteiger partial charge is 0.305 e. The number of rotatable bonds is 3. The van der Waals surface area contributed by atoms with Crippen LogP contribution in [-0.4, -0.2) is 29.4 Å². The molecule has 0 spiro atoms. The van der Waals surface area contributed by atoms with Crippen molar-refractivity contribution in [1.82, 2.24) is 0 Å². The van der Waals surface area contributed by atoms with Gasteiger partial charge in [-0.1, -0.05) is 6.92 Å². The number of carboxylic acids is 1. The first-order valence-corrected chi connectivity index (χ1v) is 3.63. The molecule has 1 atom stereocenters. The third kappa shape index (κ3) is 11.8. The molecule has 12 heavy (non-hydrogen) atoms. The third-order valence-corrected chi connectivity index (χ3v) is 0.917. The molecule has 0 bridgehead atoms. The molecule has 0 aliphatic heterocycles. The van der Waals surface area contributed by atoms with Crippen molar-refractivity contribution in [2.75, 3.05) is 6.54 Å². The summed E-state index contributed by atoms with van der Waals surface area (Å²) in [5.74, 6) is -1.34. The molecule has 0 aromatic heterocycles. The van der Waals surface area contributed by atoms with Gasteiger partial charge in [0, 0.05) is 0 Å². The minimum absolute atomic E-state index is 0.282. The summed E-state index contributed by atoms with van der Waals surface area (Å²) in [6.45, 7) is 3.92. The summed E-state index contributed by atoms with van der Waals surface area (Å²) in [6.07, 6.45) is -0.282. The van der Waals surface area contributed by atoms with Crippen molar-refractivity contribution >= 4 is 11.8 Å². The van der Waals surface area contributed by atoms with Crippen LogP contribution in [0.5, 0.6) is 0 Å². The highest BCUT2D eigenvalue weighted by atomic mass is 16.4. The molecule has 5 heteroatoms. The molecular weight excluding hydrogens is 160 g/mol. The monoisotopic (exact) mass is 176 g/mol. The molecule has 0 aromatic carbocycles. The van der Waals surface area contributed by atoms with Gasteiger partial charge in [-0.2, -0.15) is 0 Å². The van der Waals surface area contributed by atoms with Crippen molar-refractivity contribution in [3.63, 3.8) is 0 Å². The average molecular weight is 176 g/mol. The summed E-state index contributed by atoms with van der Waals surface area (Å²) in [4.78, 5) is 20.2. The van der Waals surface area contributed by atoms with Gasteiger partial charge in [0.2, 0.25) is 0 Å². The van der Waals surface area contributed by atoms with E-state index in [1.54, 1.807) is 0 Å². The Balaban J connectivity index is 0. The van der Waals surface area contributed by atoms with Crippen LogP contribution in [-0.2, 0) is 9.59 Å². The van der Waals surface area contributed by atoms with Gasteiger partial charge in [-0.25, -0.2) is 0 Å². The maximum Gasteiger partial charge on any atom is 0.305 e. The van der Waals surface area contributed by atoms with Crippen LogP contribution < -0.4 is 11.5 Å². The van der Waals surface area contributed by atoms with Crippen LogP contribution in [0.1, 0.15) is 20.3 Å². The van der Waals surface area contributed by atoms with Crippen LogP contribution >= 0.6 is 0 Å². The quantitative estimate of drug-likeness (QED) is 0.529. The highest BCUT2D eigenvalue weighted by Crippen LogP contribution is 1.87. The standard InChI is InChI=1S/C5H9NO3.C2H7N/c1-3(7)4(6)2-5(8)9;1-2-3/h4H,2,6H2,1H3,(H,8,9);2-3H2,1H3. The fourth-order valence-electron chi connectivity index (χ4n) is 0.332. The van der Waals surface area contributed by atoms with Crippen LogP contribution in [0.2, 0.25) is 0 Å². The summed E-state index contributed by atoms with van der Waals surface area (Å²) in [5.41, 5.74) is 9.93. The summed E-state index contributed by atoms with van der Waals surface area (Å²) in [5, 5.41) is 8.10. The Morgan fingerprint density at radius 2 is 1.83 bits per heavy atom. The maximum atomic E-state index is 10.3. The third-order valence-electron chi connectivity index (χ3n) is 0.917. The van der Waals surface area contributed by atoms with Gasteiger partial charge in [0.05, 0.1) is 12.5 Å². The number of nitrogens with two attached hydrogens (primary N) is 2. The summed E-state index contributed by atoms with van der Waals surface area (Å²) in [6, 6.07) is -0.845. The van der Waals surface area contributed by atoms with Crippen LogP contribution in [0.3, 0.4) is 0 Å². The van der Waals surface area contributed by atoms with Crippen molar-refractivity contribution in [3.05, 3.63) is 0 Å². The molecule has 0 aliphatic carbocycles. The zero-order valence-electron chi connectivity index (χ0n) is 7.41. The number of hydrogen-bond donors (Lipinski definition) is 3. The van der Waals surface area contributed by atoms with Crippen molar-refractivity contribution in [2.24, 2.45) is 11.5 Å². The topological polar surface area (TPSA) is 106 Å². The number of hydrogen-bond acceptors (Lipinski definition) is 4. The first-order valence-electron chi connectivity index (χ1n) is 3.63. The van der Waals surface area contributed by atoms with Crippen molar-refractivity contribution in [1.29, 1.82) is 0 Å². The van der Waals surface area contributed by atoms with E-state index >= 15 is 0 Å². The second-order valence-electron chi connectivity index (χ2n) is 2.22. The summed E-state index contributed by atoms with van der Waals surface area (Å²) >= 11 is 0. The van der Waals surface area contributed by atoms with Gasteiger partial charge in [0.15, 0.2) is 0 Å². The van der Waals surface area contributed by atoms with Crippen molar-refractivity contribution < 1.29 is 14.7 Å². The molecule has 0 saturated heterocycles. The molecule has 0 rings (SSSR count). The van der Waals surface area contributed by atoms with Gasteiger partial charge in [-0.05, 0) is 13.5 Å². The largest absolute Gasteiger partial charge is 0.481 e. The number of Topliss-reactive ketones (excluding diaryl/α,β-unsaturated/α-hetero) is 1. The Morgan fingerprint density at radius 3 is 1.92 bits per heavy atom. The van der Waals surface area contributed by atoms with E-state index in [4.69, 9.17) is 16.6 Å². The molecule has 0 fully saturated rings. The Morgan fingerprint density at radius 1 is 1.50 bits per heavy atom. The van der Waals surface area contributed by atoms with Gasteiger partial charge >= 0.3 is 5.97 Å². The number of carbonyl (C=O) groups excluding carboxylic acids is 1. The van der Waals surface area contributed by atoms with E-state index in [9.17, 15) is 9.59 Å². The zero-order chi connectivity index (χ0) is 10.1. The predicted octanol–water partition coefficient (Wildman–Crippen LogP) is -0.658. The van der Waals surface area contributed by atoms with Gasteiger partial charge in [0.25, 0.3) is 0 Å². The SMILES string of the molecule is CC(=O)C(N)CC(=O)O.CCN. The van der Waals surface area contributed by atoms with E-state index in [0.717, 1.165) is 6.54 Å². The molecule has 0 saturated carbocycles. The Bertz CT molecular complexity index is 148. The van der Waals surface area contributed by atoms with Crippen molar-refractivity contribution in [3.8, 4) is 0 Å². The second-order valence-corrected chi connectivity index (χ2v) is 2.22. The Labute approximate surface area is 71.7 Å². The van der Waals surface area contributed by atoms with Crippen LogP contribution in [0.25, 0.3) is 0 Å². The van der Waals surface area contributed by atoms with E-state index in [2.05, 4.69) is 0 Å². The molecule has 0 aromatic rings. The maximum absolute atomic E-state index is 10.3. The fourth-order valence-corrected chi connectivity index (χ4v) is 0.332. The van der Waals surface area contributed by atoms with Gasteiger partial charge < -0.3 is 16.6 Å². The predicted molar refractivity (Wildman–Crippen MR) is 45.6 cm³/mol. The lowest BCUT2D eigenvalue weighted by Gasteiger charge is -2.00. The Hall–Kier alpha value is -0.940. The lowest BCUT2D eigenvalue weighted by molar-refractivity contribution is -0.138. The molecule has 0 heterocycles. The second kappa shape index (κ2) is 8.16. The van der Waals surface area contributed by atoms with Gasteiger partial charge in [0.1, 0.15) is 5.78 Å². The van der Waals surface area contributed by atoms with E-state index in [1.165, 1.54) is 6.92 Å². The zero-order valence-corrected chi connectivity index (χ0v) is 7.41. The van der Waals surface area contributed by atoms with Crippen LogP contribution in [0, 0.1) is 0 Å². The van der Waals surface area contributed by atoms with Crippen LogP contribution in [0.15, 0.2) is 0 Å². The Kier molecular flexibility index (Phi) is 9.27. The molecule has 0 radical (unpaired) electrons. The molecule has 0 aliphatic rings. The molecule has 5 nitrogen and oxygen atoms in total. The normalized spacial score (nSPS) is 11.0. The van der Waals surface area contributed by atoms with E-state index in [1.807, 2.05) is 6.92 Å². The van der Waals surface area contributed by atoms with Crippen molar-refractivity contribution in [2.45, 2.75) is 26.3 Å². The van der Waals surface area contributed by atoms with E-state index in [0.29, 0.717) is 0 Å². The van der Waals surface area contributed by atoms with Crippen LogP contribution in [0.4, 0.5) is 0 Å². The molecule has 1 unspecified atom stereocenters. The molecular formula is C7H16N2O3. The average Bonchev–Trinajstić information content (AvgIpc) is 1.87. The molecule has 72 valence electrons. The first-order chi connectivity index (χ1) is 5.45. The minimum atomic E-state index is -1.04. The lowest BCUT2D eigenvalue weighted by Crippen LogP contribution is -2.30. The highest BCUT2D eigenvalue weighted by Gasteiger charge is 2.11. The van der Waals surface area contributed by atoms with E-state index in [-0.39, 0.29) is 12.2 Å². The minimum Gasteiger partial charge on any atom is -0.481 e. The summed E-state index contributed by atoms with van der Waals surface area (Å²) < 4.78 is 0. The van der Waals surface area contributed by atoms with Gasteiger partial charge in [-0.15, -0.1) is 0 Å². The van der Waals surface area contributed by atoms with E-state index < -0.39 is 12.0 Å².